The average molecular weight is 267 g/mol. The van der Waals surface area contributed by atoms with Gasteiger partial charge in [-0.25, -0.2) is 0 Å². The van der Waals surface area contributed by atoms with Crippen molar-refractivity contribution in [2.75, 3.05) is 5.32 Å². The molecule has 1 aromatic carbocycles. The Morgan fingerprint density at radius 1 is 1.35 bits per heavy atom. The van der Waals surface area contributed by atoms with E-state index in [2.05, 4.69) is 20.5 Å². The highest BCUT2D eigenvalue weighted by Gasteiger charge is 2.09. The third kappa shape index (κ3) is 2.24. The van der Waals surface area contributed by atoms with Crippen LogP contribution in [0.25, 0.3) is 10.9 Å². The summed E-state index contributed by atoms with van der Waals surface area (Å²) in [4.78, 5) is 16.3. The van der Waals surface area contributed by atoms with Crippen LogP contribution in [0.2, 0.25) is 0 Å². The summed E-state index contributed by atoms with van der Waals surface area (Å²) >= 11 is 0. The first-order valence-corrected chi connectivity index (χ1v) is 6.16. The lowest BCUT2D eigenvalue weighted by molar-refractivity contribution is 0.102. The molecule has 20 heavy (non-hydrogen) atoms. The largest absolute Gasteiger partial charge is 0.325 e. The van der Waals surface area contributed by atoms with Gasteiger partial charge in [-0.1, -0.05) is 6.07 Å². The highest BCUT2D eigenvalue weighted by Crippen LogP contribution is 2.21. The van der Waals surface area contributed by atoms with E-state index in [1.165, 1.54) is 0 Å². The van der Waals surface area contributed by atoms with Gasteiger partial charge in [-0.15, -0.1) is 0 Å². The van der Waals surface area contributed by atoms with Crippen molar-refractivity contribution in [1.82, 2.24) is 15.2 Å². The zero-order valence-corrected chi connectivity index (χ0v) is 10.6. The molecule has 0 atom stereocenters. The number of amides is 1. The predicted molar refractivity (Wildman–Crippen MR) is 76.2 cm³/mol. The molecule has 0 aliphatic rings. The maximum Gasteiger partial charge on any atom is 0.255 e. The first-order chi connectivity index (χ1) is 9.78. The van der Waals surface area contributed by atoms with E-state index in [4.69, 9.17) is 5.73 Å². The number of carbonyl (C=O) groups excluding carboxylic acids is 1. The fraction of sp³-hybridized carbons (Fsp3) is 0.0714. The van der Waals surface area contributed by atoms with Crippen LogP contribution in [0.1, 0.15) is 16.1 Å². The number of benzene rings is 1. The lowest BCUT2D eigenvalue weighted by Gasteiger charge is -2.07. The predicted octanol–water partition coefficient (Wildman–Crippen LogP) is 1.67. The number of hydrogen-bond donors (Lipinski definition) is 3. The van der Waals surface area contributed by atoms with Crippen molar-refractivity contribution in [3.63, 3.8) is 0 Å². The standard InChI is InChI=1S/C14H13N5O/c15-7-10-6-9(4-5-16-10)14(20)18-12-2-1-3-13-11(12)8-17-19-13/h1-6,8H,7,15H2,(H,17,19)(H,18,20). The molecule has 6 nitrogen and oxygen atoms in total. The highest BCUT2D eigenvalue weighted by atomic mass is 16.1. The maximum absolute atomic E-state index is 12.2. The van der Waals surface area contributed by atoms with Crippen molar-refractivity contribution >= 4 is 22.5 Å². The summed E-state index contributed by atoms with van der Waals surface area (Å²) in [5.41, 5.74) is 8.32. The molecule has 3 rings (SSSR count). The molecule has 0 aliphatic heterocycles. The van der Waals surface area contributed by atoms with Gasteiger partial charge in [0, 0.05) is 23.7 Å². The van der Waals surface area contributed by atoms with Crippen molar-refractivity contribution in [2.45, 2.75) is 6.54 Å². The minimum Gasteiger partial charge on any atom is -0.325 e. The van der Waals surface area contributed by atoms with Crippen LogP contribution in [0.15, 0.2) is 42.7 Å². The second-order valence-electron chi connectivity index (χ2n) is 4.33. The van der Waals surface area contributed by atoms with Crippen molar-refractivity contribution in [3.05, 3.63) is 54.0 Å². The Kier molecular flexibility index (Phi) is 3.14. The van der Waals surface area contributed by atoms with E-state index in [0.717, 1.165) is 10.9 Å². The Morgan fingerprint density at radius 3 is 3.10 bits per heavy atom. The second-order valence-corrected chi connectivity index (χ2v) is 4.33. The van der Waals surface area contributed by atoms with Crippen LogP contribution in [0, 0.1) is 0 Å². The summed E-state index contributed by atoms with van der Waals surface area (Å²) in [5.74, 6) is -0.198. The molecule has 0 unspecified atom stereocenters. The molecule has 1 amide bonds. The number of H-pyrrole nitrogens is 1. The Balaban J connectivity index is 1.90. The molecule has 3 aromatic rings. The van der Waals surface area contributed by atoms with E-state index in [-0.39, 0.29) is 5.91 Å². The monoisotopic (exact) mass is 267 g/mol. The second kappa shape index (κ2) is 5.10. The van der Waals surface area contributed by atoms with Crippen LogP contribution in [0.5, 0.6) is 0 Å². The van der Waals surface area contributed by atoms with Gasteiger partial charge in [0.15, 0.2) is 0 Å². The number of rotatable bonds is 3. The molecular weight excluding hydrogens is 254 g/mol. The van der Waals surface area contributed by atoms with E-state index in [9.17, 15) is 4.79 Å². The number of carbonyl (C=O) groups is 1. The van der Waals surface area contributed by atoms with Gasteiger partial charge in [0.2, 0.25) is 0 Å². The molecule has 0 radical (unpaired) electrons. The van der Waals surface area contributed by atoms with Gasteiger partial charge in [-0.05, 0) is 24.3 Å². The van der Waals surface area contributed by atoms with Crippen LogP contribution < -0.4 is 11.1 Å². The van der Waals surface area contributed by atoms with Gasteiger partial charge in [-0.3, -0.25) is 14.9 Å². The van der Waals surface area contributed by atoms with Crippen molar-refractivity contribution in [1.29, 1.82) is 0 Å². The third-order valence-corrected chi connectivity index (χ3v) is 3.02. The van der Waals surface area contributed by atoms with Gasteiger partial charge in [0.05, 0.1) is 23.1 Å². The van der Waals surface area contributed by atoms with Gasteiger partial charge in [0.25, 0.3) is 5.91 Å². The lowest BCUT2D eigenvalue weighted by Crippen LogP contribution is -2.13. The number of aromatic amines is 1. The zero-order chi connectivity index (χ0) is 13.9. The number of nitrogens with zero attached hydrogens (tertiary/aromatic N) is 2. The van der Waals surface area contributed by atoms with Crippen LogP contribution in [-0.4, -0.2) is 21.1 Å². The van der Waals surface area contributed by atoms with Crippen LogP contribution in [0.4, 0.5) is 5.69 Å². The highest BCUT2D eigenvalue weighted by molar-refractivity contribution is 6.08. The summed E-state index contributed by atoms with van der Waals surface area (Å²) in [6.45, 7) is 0.304. The number of pyridine rings is 1. The van der Waals surface area contributed by atoms with Crippen LogP contribution >= 0.6 is 0 Å². The van der Waals surface area contributed by atoms with E-state index in [1.54, 1.807) is 24.5 Å². The molecule has 0 aliphatic carbocycles. The molecular formula is C14H13N5O. The Bertz CT molecular complexity index is 765. The average Bonchev–Trinajstić information content (AvgIpc) is 2.97. The molecule has 2 heterocycles. The Labute approximate surface area is 115 Å². The lowest BCUT2D eigenvalue weighted by atomic mass is 10.2. The third-order valence-electron chi connectivity index (χ3n) is 3.02. The molecule has 0 spiro atoms. The van der Waals surface area contributed by atoms with Crippen LogP contribution in [-0.2, 0) is 6.54 Å². The fourth-order valence-corrected chi connectivity index (χ4v) is 2.00. The van der Waals surface area contributed by atoms with Crippen molar-refractivity contribution < 1.29 is 4.79 Å². The van der Waals surface area contributed by atoms with Gasteiger partial charge in [0.1, 0.15) is 0 Å². The Morgan fingerprint density at radius 2 is 2.25 bits per heavy atom. The smallest absolute Gasteiger partial charge is 0.255 e. The van der Waals surface area contributed by atoms with Gasteiger partial charge >= 0.3 is 0 Å². The molecule has 0 fully saturated rings. The number of nitrogens with one attached hydrogen (secondary N) is 2. The molecule has 4 N–H and O–H groups in total. The number of hydrogen-bond acceptors (Lipinski definition) is 4. The zero-order valence-electron chi connectivity index (χ0n) is 10.6. The number of aromatic nitrogens is 3. The molecule has 100 valence electrons. The maximum atomic E-state index is 12.2. The first-order valence-electron chi connectivity index (χ1n) is 6.16. The minimum absolute atomic E-state index is 0.198. The fourth-order valence-electron chi connectivity index (χ4n) is 2.00. The summed E-state index contributed by atoms with van der Waals surface area (Å²) in [6, 6.07) is 8.93. The SMILES string of the molecule is NCc1cc(C(=O)Nc2cccc3[nH]ncc23)ccn1. The van der Waals surface area contributed by atoms with Crippen molar-refractivity contribution in [2.24, 2.45) is 5.73 Å². The summed E-state index contributed by atoms with van der Waals surface area (Å²) in [5, 5.41) is 10.6. The topological polar surface area (TPSA) is 96.7 Å². The summed E-state index contributed by atoms with van der Waals surface area (Å²) in [6.07, 6.45) is 3.26. The van der Waals surface area contributed by atoms with E-state index >= 15 is 0 Å². The van der Waals surface area contributed by atoms with Gasteiger partial charge in [-0.2, -0.15) is 5.10 Å². The number of fused-ring (bicyclic) bond motifs is 1. The number of nitrogens with two attached hydrogens (primary N) is 1. The van der Waals surface area contributed by atoms with E-state index in [1.807, 2.05) is 18.2 Å². The molecule has 0 saturated carbocycles. The van der Waals surface area contributed by atoms with Gasteiger partial charge < -0.3 is 11.1 Å². The minimum atomic E-state index is -0.198. The van der Waals surface area contributed by atoms with E-state index in [0.29, 0.717) is 23.5 Å². The molecule has 0 bridgehead atoms. The van der Waals surface area contributed by atoms with Crippen LogP contribution in [0.3, 0.4) is 0 Å². The first kappa shape index (κ1) is 12.3. The molecule has 2 aromatic heterocycles. The Hall–Kier alpha value is -2.73. The quantitative estimate of drug-likeness (QED) is 0.672. The molecule has 0 saturated heterocycles. The normalized spacial score (nSPS) is 10.7. The van der Waals surface area contributed by atoms with Crippen molar-refractivity contribution in [3.8, 4) is 0 Å². The molecule has 6 heteroatoms. The number of anilines is 1. The van der Waals surface area contributed by atoms with E-state index < -0.39 is 0 Å². The summed E-state index contributed by atoms with van der Waals surface area (Å²) < 4.78 is 0. The summed E-state index contributed by atoms with van der Waals surface area (Å²) in [7, 11) is 0.